The summed E-state index contributed by atoms with van der Waals surface area (Å²) in [5.74, 6) is -0.328. The summed E-state index contributed by atoms with van der Waals surface area (Å²) in [4.78, 5) is 36.1. The van der Waals surface area contributed by atoms with Gasteiger partial charge in [-0.1, -0.05) is 41.9 Å². The number of rotatable bonds is 11. The van der Waals surface area contributed by atoms with E-state index in [1.54, 1.807) is 13.3 Å². The van der Waals surface area contributed by atoms with Gasteiger partial charge in [0.05, 0.1) is 49.2 Å². The molecule has 0 amide bonds. The molecule has 1 aliphatic carbocycles. The number of nitrogens with one attached hydrogen (secondary N) is 1. The monoisotopic (exact) mass is 717 g/mol. The highest BCUT2D eigenvalue weighted by Gasteiger charge is 2.29. The number of carbonyl (C=O) groups is 1. The average Bonchev–Trinajstić information content (AvgIpc) is 3.15. The summed E-state index contributed by atoms with van der Waals surface area (Å²) in [6.45, 7) is 2.11. The van der Waals surface area contributed by atoms with Crippen molar-refractivity contribution in [1.82, 2.24) is 29.8 Å². The number of esters is 1. The highest BCUT2D eigenvalue weighted by molar-refractivity contribution is 6.36. The number of halogens is 3. The number of aliphatic hydroxyl groups excluding tert-OH is 1. The zero-order valence-corrected chi connectivity index (χ0v) is 29.4. The summed E-state index contributed by atoms with van der Waals surface area (Å²) in [5, 5.41) is 13.2. The predicted octanol–water partition coefficient (Wildman–Crippen LogP) is 7.46. The largest absolute Gasteiger partial charge is 0.480 e. The van der Waals surface area contributed by atoms with Crippen molar-refractivity contribution in [3.05, 3.63) is 82.5 Å². The summed E-state index contributed by atoms with van der Waals surface area (Å²) in [6.07, 6.45) is 3.59. The van der Waals surface area contributed by atoms with Gasteiger partial charge in [-0.05, 0) is 68.5 Å². The topological polar surface area (TPSA) is 135 Å². The summed E-state index contributed by atoms with van der Waals surface area (Å²) in [7, 11) is 5.03. The molecule has 14 heteroatoms. The fourth-order valence-corrected chi connectivity index (χ4v) is 6.89. The van der Waals surface area contributed by atoms with Crippen LogP contribution in [0.25, 0.3) is 33.4 Å². The van der Waals surface area contributed by atoms with Gasteiger partial charge in [-0.15, -0.1) is 0 Å². The Morgan fingerprint density at radius 1 is 1.02 bits per heavy atom. The van der Waals surface area contributed by atoms with Gasteiger partial charge in [0.1, 0.15) is 11.2 Å². The van der Waals surface area contributed by atoms with E-state index in [4.69, 9.17) is 31.0 Å². The van der Waals surface area contributed by atoms with Gasteiger partial charge in [0.25, 0.3) is 6.43 Å². The number of aliphatic hydroxyl groups is 1. The van der Waals surface area contributed by atoms with Gasteiger partial charge in [0.2, 0.25) is 5.88 Å². The number of fused-ring (bicyclic) bond motifs is 1. The number of hydrogen-bond acceptors (Lipinski definition) is 11. The SMILES string of the molecule is COC(=O)C1CCC(N(C)Cc2ncc(-c3cccc(-c4cccc(Nc5nc(C(F)F)nc6cc(CO)cnc56)c4C)c3Cl)nc2OC)CC1. The highest BCUT2D eigenvalue weighted by atomic mass is 35.5. The first-order chi connectivity index (χ1) is 24.6. The number of carbonyl (C=O) groups excluding carboxylic acids is 1. The molecule has 2 N–H and O–H groups in total. The van der Waals surface area contributed by atoms with Crippen molar-refractivity contribution in [3.8, 4) is 28.3 Å². The third kappa shape index (κ3) is 7.60. The van der Waals surface area contributed by atoms with Crippen LogP contribution in [-0.2, 0) is 22.7 Å². The molecule has 0 spiro atoms. The van der Waals surface area contributed by atoms with E-state index in [1.165, 1.54) is 19.4 Å². The van der Waals surface area contributed by atoms with Crippen LogP contribution in [0.3, 0.4) is 0 Å². The lowest BCUT2D eigenvalue weighted by molar-refractivity contribution is -0.146. The van der Waals surface area contributed by atoms with Crippen molar-refractivity contribution >= 4 is 40.1 Å². The molecule has 11 nitrogen and oxygen atoms in total. The van der Waals surface area contributed by atoms with Gasteiger partial charge in [-0.3, -0.25) is 19.7 Å². The minimum Gasteiger partial charge on any atom is -0.480 e. The lowest BCUT2D eigenvalue weighted by Crippen LogP contribution is -2.36. The van der Waals surface area contributed by atoms with E-state index < -0.39 is 12.2 Å². The maximum atomic E-state index is 13.8. The first-order valence-electron chi connectivity index (χ1n) is 16.5. The van der Waals surface area contributed by atoms with Gasteiger partial charge < -0.3 is 19.9 Å². The average molecular weight is 718 g/mol. The molecule has 6 rings (SSSR count). The number of ether oxygens (including phenoxy) is 2. The Hall–Kier alpha value is -4.85. The van der Waals surface area contributed by atoms with E-state index in [0.29, 0.717) is 51.7 Å². The molecule has 0 saturated heterocycles. The molecule has 3 heterocycles. The van der Waals surface area contributed by atoms with Crippen LogP contribution in [0.4, 0.5) is 20.3 Å². The normalized spacial score (nSPS) is 16.1. The maximum absolute atomic E-state index is 13.8. The summed E-state index contributed by atoms with van der Waals surface area (Å²) in [5.41, 5.74) is 5.74. The highest BCUT2D eigenvalue weighted by Crippen LogP contribution is 2.40. The van der Waals surface area contributed by atoms with Crippen LogP contribution in [0.2, 0.25) is 5.02 Å². The lowest BCUT2D eigenvalue weighted by atomic mass is 9.85. The Kier molecular flexibility index (Phi) is 11.0. The second-order valence-electron chi connectivity index (χ2n) is 12.5. The Morgan fingerprint density at radius 3 is 2.45 bits per heavy atom. The lowest BCUT2D eigenvalue weighted by Gasteiger charge is -2.33. The smallest absolute Gasteiger partial charge is 0.308 e. The Morgan fingerprint density at radius 2 is 1.75 bits per heavy atom. The summed E-state index contributed by atoms with van der Waals surface area (Å²) < 4.78 is 38.1. The number of nitrogens with zero attached hydrogens (tertiary/aromatic N) is 6. The van der Waals surface area contributed by atoms with E-state index in [1.807, 2.05) is 50.4 Å². The van der Waals surface area contributed by atoms with E-state index in [-0.39, 0.29) is 35.3 Å². The number of alkyl halides is 2. The van der Waals surface area contributed by atoms with E-state index in [9.17, 15) is 18.7 Å². The zero-order valence-electron chi connectivity index (χ0n) is 28.7. The molecule has 0 unspecified atom stereocenters. The van der Waals surface area contributed by atoms with Gasteiger partial charge >= 0.3 is 5.97 Å². The number of anilines is 2. The van der Waals surface area contributed by atoms with Crippen molar-refractivity contribution in [1.29, 1.82) is 0 Å². The second-order valence-corrected chi connectivity index (χ2v) is 12.9. The fraction of sp³-hybridized carbons (Fsp3) is 0.351. The summed E-state index contributed by atoms with van der Waals surface area (Å²) in [6, 6.07) is 13.0. The molecular weight excluding hydrogens is 680 g/mol. The Balaban J connectivity index is 1.26. The number of benzene rings is 2. The molecular formula is C37H38ClF2N7O4. The summed E-state index contributed by atoms with van der Waals surface area (Å²) >= 11 is 7.09. The van der Waals surface area contributed by atoms with Gasteiger partial charge in [-0.25, -0.2) is 23.7 Å². The Bertz CT molecular complexity index is 2060. The molecule has 51 heavy (non-hydrogen) atoms. The van der Waals surface area contributed by atoms with Gasteiger partial charge in [-0.2, -0.15) is 0 Å². The first-order valence-corrected chi connectivity index (χ1v) is 16.9. The maximum Gasteiger partial charge on any atom is 0.308 e. The minimum absolute atomic E-state index is 0.0461. The van der Waals surface area contributed by atoms with Crippen LogP contribution < -0.4 is 10.1 Å². The molecule has 1 fully saturated rings. The molecule has 0 radical (unpaired) electrons. The van der Waals surface area contributed by atoms with Crippen molar-refractivity contribution in [2.24, 2.45) is 5.92 Å². The van der Waals surface area contributed by atoms with Crippen LogP contribution in [0.1, 0.15) is 54.8 Å². The standard InChI is InChI=1S/C37H38ClF2N7O4/c1-20-24(7-6-10-27(20)43-34-32-28(15-21(19-48)16-42-32)44-35(46-34)33(39)40)25-8-5-9-26(31(25)38)29-17-41-30(36(45-29)50-3)18-47(2)23-13-11-22(12-14-23)37(49)51-4/h5-10,15-17,22-23,33,48H,11-14,18-19H2,1-4H3,(H,43,44,46). The van der Waals surface area contributed by atoms with Crippen molar-refractivity contribution in [2.45, 2.75) is 58.2 Å². The molecule has 3 aromatic heterocycles. The van der Waals surface area contributed by atoms with Gasteiger partial charge in [0, 0.05) is 35.6 Å². The molecule has 0 atom stereocenters. The molecule has 1 saturated carbocycles. The van der Waals surface area contributed by atoms with Crippen LogP contribution in [0.15, 0.2) is 54.9 Å². The minimum atomic E-state index is -2.90. The Labute approximate surface area is 299 Å². The predicted molar refractivity (Wildman–Crippen MR) is 190 cm³/mol. The molecule has 1 aliphatic rings. The molecule has 2 aromatic carbocycles. The van der Waals surface area contributed by atoms with Crippen LogP contribution in [0, 0.1) is 12.8 Å². The van der Waals surface area contributed by atoms with Crippen molar-refractivity contribution in [3.63, 3.8) is 0 Å². The van der Waals surface area contributed by atoms with Crippen LogP contribution in [0.5, 0.6) is 5.88 Å². The third-order valence-electron chi connectivity index (χ3n) is 9.40. The molecule has 0 bridgehead atoms. The quantitative estimate of drug-likeness (QED) is 0.132. The van der Waals surface area contributed by atoms with Crippen LogP contribution >= 0.6 is 11.6 Å². The number of pyridine rings is 1. The van der Waals surface area contributed by atoms with E-state index >= 15 is 0 Å². The second kappa shape index (κ2) is 15.6. The number of methoxy groups -OCH3 is 2. The third-order valence-corrected chi connectivity index (χ3v) is 9.81. The van der Waals surface area contributed by atoms with Crippen LogP contribution in [-0.4, -0.2) is 68.2 Å². The number of aromatic nitrogens is 5. The van der Waals surface area contributed by atoms with Crippen molar-refractivity contribution < 1.29 is 28.2 Å². The van der Waals surface area contributed by atoms with Gasteiger partial charge in [0.15, 0.2) is 11.6 Å². The number of hydrogen-bond donors (Lipinski definition) is 2. The zero-order chi connectivity index (χ0) is 36.2. The fourth-order valence-electron chi connectivity index (χ4n) is 6.56. The van der Waals surface area contributed by atoms with E-state index in [2.05, 4.69) is 25.2 Å². The van der Waals surface area contributed by atoms with Crippen molar-refractivity contribution in [2.75, 3.05) is 26.6 Å². The molecule has 266 valence electrons. The van der Waals surface area contributed by atoms with E-state index in [0.717, 1.165) is 42.4 Å². The molecule has 5 aromatic rings. The molecule has 0 aliphatic heterocycles. The first kappa shape index (κ1) is 36.0.